The summed E-state index contributed by atoms with van der Waals surface area (Å²) in [6.07, 6.45) is 2.34. The average molecular weight is 332 g/mol. The van der Waals surface area contributed by atoms with Gasteiger partial charge in [-0.2, -0.15) is 5.26 Å². The number of hydrogen-bond donors (Lipinski definition) is 1. The highest BCUT2D eigenvalue weighted by atomic mass is 16.6. The first-order chi connectivity index (χ1) is 11.3. The number of aromatic nitrogens is 1. The van der Waals surface area contributed by atoms with Crippen molar-refractivity contribution in [2.24, 2.45) is 0 Å². The van der Waals surface area contributed by atoms with Gasteiger partial charge in [0.05, 0.1) is 13.2 Å². The van der Waals surface area contributed by atoms with E-state index in [4.69, 9.17) is 9.47 Å². The molecule has 1 saturated heterocycles. The molecule has 0 bridgehead atoms. The summed E-state index contributed by atoms with van der Waals surface area (Å²) in [5.41, 5.74) is -0.466. The number of nitrogens with one attached hydrogen (secondary N) is 1. The second-order valence-electron chi connectivity index (χ2n) is 6.87. The molecule has 1 aromatic heterocycles. The molecule has 1 aliphatic rings. The first kappa shape index (κ1) is 17.9. The smallest absolute Gasteiger partial charge is 0.410 e. The van der Waals surface area contributed by atoms with Gasteiger partial charge in [-0.15, -0.1) is 0 Å². The lowest BCUT2D eigenvalue weighted by Gasteiger charge is -2.38. The molecule has 0 aromatic carbocycles. The minimum absolute atomic E-state index is 0.334. The van der Waals surface area contributed by atoms with Gasteiger partial charge in [-0.1, -0.05) is 0 Å². The lowest BCUT2D eigenvalue weighted by atomic mass is 9.89. The number of rotatable bonds is 3. The van der Waals surface area contributed by atoms with Crippen LogP contribution in [0.2, 0.25) is 0 Å². The molecule has 0 saturated carbocycles. The molecule has 0 radical (unpaired) electrons. The van der Waals surface area contributed by atoms with E-state index in [9.17, 15) is 10.1 Å². The van der Waals surface area contributed by atoms with Crippen LogP contribution >= 0.6 is 0 Å². The molecule has 24 heavy (non-hydrogen) atoms. The van der Waals surface area contributed by atoms with Crippen LogP contribution in [0.3, 0.4) is 0 Å². The van der Waals surface area contributed by atoms with Crippen LogP contribution in [0, 0.1) is 11.3 Å². The maximum Gasteiger partial charge on any atom is 0.410 e. The lowest BCUT2D eigenvalue weighted by Crippen LogP contribution is -2.51. The van der Waals surface area contributed by atoms with Crippen molar-refractivity contribution in [1.82, 2.24) is 9.88 Å². The molecule has 7 heteroatoms. The van der Waals surface area contributed by atoms with Crippen molar-refractivity contribution in [3.8, 4) is 11.9 Å². The molecule has 2 heterocycles. The summed E-state index contributed by atoms with van der Waals surface area (Å²) in [5, 5.41) is 12.9. The Morgan fingerprint density at radius 1 is 1.42 bits per heavy atom. The van der Waals surface area contributed by atoms with Gasteiger partial charge >= 0.3 is 6.09 Å². The van der Waals surface area contributed by atoms with Gasteiger partial charge in [0.1, 0.15) is 11.1 Å². The Morgan fingerprint density at radius 3 is 2.62 bits per heavy atom. The van der Waals surface area contributed by atoms with E-state index in [0.29, 0.717) is 31.8 Å². The molecule has 0 atom stereocenters. The topological polar surface area (TPSA) is 87.5 Å². The SMILES string of the molecule is COc1cc(NC2(C#N)CCN(C(=O)OC(C)(C)C)CC2)ccn1. The highest BCUT2D eigenvalue weighted by Crippen LogP contribution is 2.28. The fourth-order valence-corrected chi connectivity index (χ4v) is 2.54. The largest absolute Gasteiger partial charge is 0.481 e. The van der Waals surface area contributed by atoms with Gasteiger partial charge < -0.3 is 19.7 Å². The predicted molar refractivity (Wildman–Crippen MR) is 89.8 cm³/mol. The Kier molecular flexibility index (Phi) is 5.17. The first-order valence-corrected chi connectivity index (χ1v) is 7.94. The van der Waals surface area contributed by atoms with Gasteiger partial charge in [-0.05, 0) is 26.8 Å². The third kappa shape index (κ3) is 4.51. The van der Waals surface area contributed by atoms with E-state index in [1.807, 2.05) is 20.8 Å². The number of amides is 1. The molecule has 2 rings (SSSR count). The minimum Gasteiger partial charge on any atom is -0.481 e. The van der Waals surface area contributed by atoms with Gasteiger partial charge in [0, 0.05) is 43.9 Å². The van der Waals surface area contributed by atoms with Crippen molar-refractivity contribution in [3.05, 3.63) is 18.3 Å². The van der Waals surface area contributed by atoms with E-state index >= 15 is 0 Å². The third-order valence-electron chi connectivity index (χ3n) is 3.81. The number of nitriles is 1. The summed E-state index contributed by atoms with van der Waals surface area (Å²) in [5.74, 6) is 0.485. The standard InChI is InChI=1S/C17H24N4O3/c1-16(2,3)24-15(22)21-9-6-17(12-18,7-10-21)20-13-5-8-19-14(11-13)23-4/h5,8,11H,6-7,9-10H2,1-4H3,(H,19,20). The number of likely N-dealkylation sites (tertiary alicyclic amines) is 1. The van der Waals surface area contributed by atoms with Gasteiger partial charge in [0.15, 0.2) is 0 Å². The zero-order valence-corrected chi connectivity index (χ0v) is 14.6. The van der Waals surface area contributed by atoms with E-state index in [1.54, 1.807) is 30.3 Å². The van der Waals surface area contributed by atoms with Crippen molar-refractivity contribution >= 4 is 11.8 Å². The second kappa shape index (κ2) is 6.95. The summed E-state index contributed by atoms with van der Waals surface area (Å²) in [6, 6.07) is 5.90. The Hall–Kier alpha value is -2.49. The second-order valence-corrected chi connectivity index (χ2v) is 6.87. The van der Waals surface area contributed by atoms with Crippen LogP contribution in [0.4, 0.5) is 10.5 Å². The number of anilines is 1. The predicted octanol–water partition coefficient (Wildman–Crippen LogP) is 2.80. The molecule has 130 valence electrons. The normalized spacial score (nSPS) is 16.9. The van der Waals surface area contributed by atoms with Crippen molar-refractivity contribution in [3.63, 3.8) is 0 Å². The van der Waals surface area contributed by atoms with Crippen LogP contribution in [-0.4, -0.2) is 47.3 Å². The summed E-state index contributed by atoms with van der Waals surface area (Å²) >= 11 is 0. The number of carbonyl (C=O) groups excluding carboxylic acids is 1. The van der Waals surface area contributed by atoms with Crippen molar-refractivity contribution in [2.45, 2.75) is 44.8 Å². The quantitative estimate of drug-likeness (QED) is 0.916. The van der Waals surface area contributed by atoms with Gasteiger partial charge in [-0.3, -0.25) is 0 Å². The minimum atomic E-state index is -0.717. The van der Waals surface area contributed by atoms with Crippen LogP contribution in [0.5, 0.6) is 5.88 Å². The first-order valence-electron chi connectivity index (χ1n) is 7.94. The van der Waals surface area contributed by atoms with Gasteiger partial charge in [-0.25, -0.2) is 9.78 Å². The fraction of sp³-hybridized carbons (Fsp3) is 0.588. The van der Waals surface area contributed by atoms with E-state index in [-0.39, 0.29) is 6.09 Å². The molecule has 1 amide bonds. The summed E-state index contributed by atoms with van der Waals surface area (Å²) in [6.45, 7) is 6.46. The number of hydrogen-bond acceptors (Lipinski definition) is 6. The molecule has 0 unspecified atom stereocenters. The molecule has 0 aliphatic carbocycles. The number of methoxy groups -OCH3 is 1. The number of carbonyl (C=O) groups is 1. The molecule has 7 nitrogen and oxygen atoms in total. The van der Waals surface area contributed by atoms with Gasteiger partial charge in [0.2, 0.25) is 5.88 Å². The van der Waals surface area contributed by atoms with E-state index < -0.39 is 11.1 Å². The number of piperidine rings is 1. The van der Waals surface area contributed by atoms with Crippen molar-refractivity contribution < 1.29 is 14.3 Å². The zero-order chi connectivity index (χ0) is 17.8. The maximum absolute atomic E-state index is 12.1. The van der Waals surface area contributed by atoms with Gasteiger partial charge in [0.25, 0.3) is 0 Å². The monoisotopic (exact) mass is 332 g/mol. The zero-order valence-electron chi connectivity index (χ0n) is 14.6. The Morgan fingerprint density at radius 2 is 2.08 bits per heavy atom. The van der Waals surface area contributed by atoms with E-state index in [2.05, 4.69) is 16.4 Å². The average Bonchev–Trinajstić information content (AvgIpc) is 2.54. The van der Waals surface area contributed by atoms with Crippen LogP contribution in [0.1, 0.15) is 33.6 Å². The Balaban J connectivity index is 2.01. The third-order valence-corrected chi connectivity index (χ3v) is 3.81. The van der Waals surface area contributed by atoms with E-state index in [0.717, 1.165) is 5.69 Å². The van der Waals surface area contributed by atoms with Crippen LogP contribution in [0.15, 0.2) is 18.3 Å². The van der Waals surface area contributed by atoms with Crippen LogP contribution < -0.4 is 10.1 Å². The molecule has 1 aliphatic heterocycles. The van der Waals surface area contributed by atoms with Crippen molar-refractivity contribution in [2.75, 3.05) is 25.5 Å². The van der Waals surface area contributed by atoms with Crippen molar-refractivity contribution in [1.29, 1.82) is 5.26 Å². The molecule has 1 aromatic rings. The summed E-state index contributed by atoms with van der Waals surface area (Å²) in [7, 11) is 1.55. The van der Waals surface area contributed by atoms with Crippen LogP contribution in [-0.2, 0) is 4.74 Å². The number of pyridine rings is 1. The maximum atomic E-state index is 12.1. The summed E-state index contributed by atoms with van der Waals surface area (Å²) in [4.78, 5) is 17.8. The molecule has 1 fully saturated rings. The molecular formula is C17H24N4O3. The highest BCUT2D eigenvalue weighted by molar-refractivity contribution is 5.68. The molecule has 1 N–H and O–H groups in total. The Labute approximate surface area is 142 Å². The number of ether oxygens (including phenoxy) is 2. The molecular weight excluding hydrogens is 308 g/mol. The molecule has 0 spiro atoms. The number of nitrogens with zero attached hydrogens (tertiary/aromatic N) is 3. The lowest BCUT2D eigenvalue weighted by molar-refractivity contribution is 0.0195. The van der Waals surface area contributed by atoms with E-state index in [1.165, 1.54) is 0 Å². The fourth-order valence-electron chi connectivity index (χ4n) is 2.54. The highest BCUT2D eigenvalue weighted by Gasteiger charge is 2.37. The van der Waals surface area contributed by atoms with Crippen LogP contribution in [0.25, 0.3) is 0 Å². The Bertz CT molecular complexity index is 625. The summed E-state index contributed by atoms with van der Waals surface area (Å²) < 4.78 is 10.5.